The van der Waals surface area contributed by atoms with E-state index >= 15 is 0 Å². The minimum Gasteiger partial charge on any atom is -0.331 e. The Morgan fingerprint density at radius 2 is 1.73 bits per heavy atom. The maximum absolute atomic E-state index is 13.0. The zero-order valence-electron chi connectivity index (χ0n) is 15.3. The third-order valence-corrected chi connectivity index (χ3v) is 7.40. The van der Waals surface area contributed by atoms with E-state index in [0.717, 1.165) is 32.4 Å². The molecule has 0 saturated carbocycles. The molecular weight excluding hydrogens is 374 g/mol. The Morgan fingerprint density at radius 1 is 1.12 bits per heavy atom. The van der Waals surface area contributed by atoms with Crippen molar-refractivity contribution in [2.75, 3.05) is 26.2 Å². The molecule has 3 rings (SSSR count). The van der Waals surface area contributed by atoms with Crippen LogP contribution in [0.3, 0.4) is 0 Å². The summed E-state index contributed by atoms with van der Waals surface area (Å²) in [6.45, 7) is 6.31. The van der Waals surface area contributed by atoms with Gasteiger partial charge in [0, 0.05) is 37.3 Å². The van der Waals surface area contributed by atoms with Gasteiger partial charge in [0.1, 0.15) is 0 Å². The van der Waals surface area contributed by atoms with Crippen molar-refractivity contribution in [3.05, 3.63) is 29.8 Å². The van der Waals surface area contributed by atoms with Crippen LogP contribution in [0.1, 0.15) is 43.5 Å². The minimum atomic E-state index is -3.49. The summed E-state index contributed by atoms with van der Waals surface area (Å²) in [5.74, 6) is 0.0167. The van der Waals surface area contributed by atoms with E-state index in [9.17, 15) is 13.2 Å². The fourth-order valence-electron chi connectivity index (χ4n) is 3.95. The molecule has 6 nitrogen and oxygen atoms in total. The summed E-state index contributed by atoms with van der Waals surface area (Å²) in [5.41, 5.74) is 0.567. The Bertz CT molecular complexity index is 706. The SMILES string of the molecule is CCN(CC)S(=O)(=O)c1ccc(C(=O)N2C3CCNCC2CC3)cc1.Cl. The molecule has 26 heavy (non-hydrogen) atoms. The number of fused-ring (bicyclic) bond motifs is 2. The van der Waals surface area contributed by atoms with Crippen LogP contribution in [0.5, 0.6) is 0 Å². The van der Waals surface area contributed by atoms with Gasteiger partial charge in [-0.3, -0.25) is 4.79 Å². The van der Waals surface area contributed by atoms with Crippen molar-refractivity contribution in [2.24, 2.45) is 0 Å². The van der Waals surface area contributed by atoms with Crippen molar-refractivity contribution in [2.45, 2.75) is 50.1 Å². The van der Waals surface area contributed by atoms with Crippen LogP contribution in [-0.2, 0) is 10.0 Å². The number of benzene rings is 1. The Balaban J connectivity index is 0.00000243. The monoisotopic (exact) mass is 401 g/mol. The second-order valence-corrected chi connectivity index (χ2v) is 8.64. The minimum absolute atomic E-state index is 0. The van der Waals surface area contributed by atoms with Crippen LogP contribution in [0.15, 0.2) is 29.2 Å². The third kappa shape index (κ3) is 3.91. The van der Waals surface area contributed by atoms with Crippen LogP contribution in [0.25, 0.3) is 0 Å². The summed E-state index contributed by atoms with van der Waals surface area (Å²) in [6.07, 6.45) is 3.08. The number of carbonyl (C=O) groups excluding carboxylic acids is 1. The zero-order valence-corrected chi connectivity index (χ0v) is 17.0. The van der Waals surface area contributed by atoms with E-state index in [1.54, 1.807) is 24.3 Å². The molecule has 2 aliphatic rings. The average Bonchev–Trinajstić information content (AvgIpc) is 2.88. The smallest absolute Gasteiger partial charge is 0.254 e. The first kappa shape index (κ1) is 21.2. The van der Waals surface area contributed by atoms with E-state index < -0.39 is 10.0 Å². The first-order valence-corrected chi connectivity index (χ1v) is 10.6. The van der Waals surface area contributed by atoms with Gasteiger partial charge in [-0.05, 0) is 50.1 Å². The number of halogens is 1. The molecule has 2 bridgehead atoms. The molecule has 0 aliphatic carbocycles. The largest absolute Gasteiger partial charge is 0.331 e. The molecule has 1 aromatic carbocycles. The van der Waals surface area contributed by atoms with Gasteiger partial charge in [-0.25, -0.2) is 8.42 Å². The molecule has 1 amide bonds. The van der Waals surface area contributed by atoms with Crippen LogP contribution >= 0.6 is 12.4 Å². The molecule has 8 heteroatoms. The van der Waals surface area contributed by atoms with Crippen molar-refractivity contribution in [3.8, 4) is 0 Å². The van der Waals surface area contributed by atoms with Gasteiger partial charge in [-0.1, -0.05) is 13.8 Å². The van der Waals surface area contributed by atoms with Gasteiger partial charge in [-0.15, -0.1) is 12.4 Å². The second kappa shape index (κ2) is 8.69. The van der Waals surface area contributed by atoms with Gasteiger partial charge in [0.15, 0.2) is 0 Å². The lowest BCUT2D eigenvalue weighted by atomic mass is 10.1. The number of carbonyl (C=O) groups is 1. The van der Waals surface area contributed by atoms with E-state index in [4.69, 9.17) is 0 Å². The molecule has 2 fully saturated rings. The number of hydrogen-bond acceptors (Lipinski definition) is 4. The van der Waals surface area contributed by atoms with Crippen molar-refractivity contribution in [1.29, 1.82) is 0 Å². The Labute approximate surface area is 162 Å². The normalized spacial score (nSPS) is 22.8. The molecule has 0 aromatic heterocycles. The first-order chi connectivity index (χ1) is 12.0. The number of sulfonamides is 1. The first-order valence-electron chi connectivity index (χ1n) is 9.12. The fraction of sp³-hybridized carbons (Fsp3) is 0.611. The van der Waals surface area contributed by atoms with Crippen molar-refractivity contribution >= 4 is 28.3 Å². The third-order valence-electron chi connectivity index (χ3n) is 5.33. The fourth-order valence-corrected chi connectivity index (χ4v) is 5.40. The zero-order chi connectivity index (χ0) is 18.0. The van der Waals surface area contributed by atoms with Gasteiger partial charge in [0.2, 0.25) is 10.0 Å². The van der Waals surface area contributed by atoms with Gasteiger partial charge in [0.05, 0.1) is 4.90 Å². The second-order valence-electron chi connectivity index (χ2n) is 6.70. The Hall–Kier alpha value is -1.15. The standard InChI is InChI=1S/C18H27N3O3S.ClH/c1-3-20(4-2)25(23,24)17-9-5-14(6-10-17)18(22)21-15-7-8-16(21)13-19-12-11-15;/h5-6,9-10,15-16,19H,3-4,7-8,11-13H2,1-2H3;1H. The lowest BCUT2D eigenvalue weighted by Crippen LogP contribution is -2.42. The predicted molar refractivity (Wildman–Crippen MR) is 104 cm³/mol. The molecule has 146 valence electrons. The molecule has 2 unspecified atom stereocenters. The van der Waals surface area contributed by atoms with Gasteiger partial charge >= 0.3 is 0 Å². The summed E-state index contributed by atoms with van der Waals surface area (Å²) < 4.78 is 26.5. The highest BCUT2D eigenvalue weighted by molar-refractivity contribution is 7.89. The molecule has 1 aromatic rings. The molecule has 1 N–H and O–H groups in total. The predicted octanol–water partition coefficient (Wildman–Crippen LogP) is 2.11. The molecule has 0 spiro atoms. The van der Waals surface area contributed by atoms with Crippen LogP contribution in [0.2, 0.25) is 0 Å². The number of rotatable bonds is 5. The number of amides is 1. The highest BCUT2D eigenvalue weighted by atomic mass is 35.5. The Morgan fingerprint density at radius 3 is 2.35 bits per heavy atom. The molecular formula is C18H28ClN3O3S. The van der Waals surface area contributed by atoms with Crippen LogP contribution in [0, 0.1) is 0 Å². The van der Waals surface area contributed by atoms with Gasteiger partial charge in [0.25, 0.3) is 5.91 Å². The Kier molecular flexibility index (Phi) is 7.07. The summed E-state index contributed by atoms with van der Waals surface area (Å²) in [4.78, 5) is 15.2. The van der Waals surface area contributed by atoms with Gasteiger partial charge < -0.3 is 10.2 Å². The van der Waals surface area contributed by atoms with Crippen LogP contribution in [-0.4, -0.2) is 61.8 Å². The molecule has 2 aliphatic heterocycles. The van der Waals surface area contributed by atoms with E-state index in [1.807, 2.05) is 18.7 Å². The number of nitrogens with zero attached hydrogens (tertiary/aromatic N) is 2. The number of nitrogens with one attached hydrogen (secondary N) is 1. The number of hydrogen-bond donors (Lipinski definition) is 1. The van der Waals surface area contributed by atoms with Crippen LogP contribution in [0.4, 0.5) is 0 Å². The lowest BCUT2D eigenvalue weighted by molar-refractivity contribution is 0.0680. The summed E-state index contributed by atoms with van der Waals surface area (Å²) >= 11 is 0. The maximum Gasteiger partial charge on any atom is 0.254 e. The van der Waals surface area contributed by atoms with Gasteiger partial charge in [-0.2, -0.15) is 4.31 Å². The molecule has 2 heterocycles. The summed E-state index contributed by atoms with van der Waals surface area (Å²) in [7, 11) is -3.49. The quantitative estimate of drug-likeness (QED) is 0.820. The van der Waals surface area contributed by atoms with Crippen molar-refractivity contribution in [1.82, 2.24) is 14.5 Å². The molecule has 2 saturated heterocycles. The van der Waals surface area contributed by atoms with E-state index in [1.165, 1.54) is 4.31 Å². The summed E-state index contributed by atoms with van der Waals surface area (Å²) in [5, 5.41) is 3.39. The van der Waals surface area contributed by atoms with Crippen molar-refractivity contribution < 1.29 is 13.2 Å². The van der Waals surface area contributed by atoms with E-state index in [-0.39, 0.29) is 29.3 Å². The molecule has 0 radical (unpaired) electrons. The topological polar surface area (TPSA) is 69.7 Å². The van der Waals surface area contributed by atoms with Crippen LogP contribution < -0.4 is 5.32 Å². The lowest BCUT2D eigenvalue weighted by Gasteiger charge is -2.28. The van der Waals surface area contributed by atoms with E-state index in [0.29, 0.717) is 24.7 Å². The van der Waals surface area contributed by atoms with Crippen molar-refractivity contribution in [3.63, 3.8) is 0 Å². The maximum atomic E-state index is 13.0. The van der Waals surface area contributed by atoms with E-state index in [2.05, 4.69) is 5.32 Å². The highest BCUT2D eigenvalue weighted by Gasteiger charge is 2.38. The summed E-state index contributed by atoms with van der Waals surface area (Å²) in [6, 6.07) is 6.95. The average molecular weight is 402 g/mol. The molecule has 2 atom stereocenters. The highest BCUT2D eigenvalue weighted by Crippen LogP contribution is 2.29.